The van der Waals surface area contributed by atoms with Crippen LogP contribution in [0.3, 0.4) is 0 Å². The van der Waals surface area contributed by atoms with E-state index in [4.69, 9.17) is 0 Å². The first-order valence-electron chi connectivity index (χ1n) is 8.45. The molecule has 1 atom stereocenters. The minimum atomic E-state index is 0.139. The number of hydrogen-bond acceptors (Lipinski definition) is 3. The molecule has 1 aromatic carbocycles. The highest BCUT2D eigenvalue weighted by Crippen LogP contribution is 2.27. The van der Waals surface area contributed by atoms with Crippen molar-refractivity contribution in [2.24, 2.45) is 0 Å². The van der Waals surface area contributed by atoms with Crippen molar-refractivity contribution in [1.82, 2.24) is 15.1 Å². The number of rotatable bonds is 3. The van der Waals surface area contributed by atoms with E-state index in [0.29, 0.717) is 5.92 Å². The molecule has 0 bridgehead atoms. The van der Waals surface area contributed by atoms with Crippen LogP contribution in [0, 0.1) is 0 Å². The van der Waals surface area contributed by atoms with Crippen LogP contribution < -0.4 is 4.90 Å². The lowest BCUT2D eigenvalue weighted by Gasteiger charge is -2.19. The quantitative estimate of drug-likeness (QED) is 0.948. The van der Waals surface area contributed by atoms with Crippen LogP contribution >= 0.6 is 0 Å². The van der Waals surface area contributed by atoms with Gasteiger partial charge in [0.25, 0.3) is 5.91 Å². The molecular formula is C18H22N4O. The summed E-state index contributed by atoms with van der Waals surface area (Å²) >= 11 is 0. The SMILES string of the molecule is O=C(c1ccc(N2CCCC2)cc1)N1CC[C@@H](c2ccn[nH]2)C1. The zero-order valence-corrected chi connectivity index (χ0v) is 13.2. The van der Waals surface area contributed by atoms with Gasteiger partial charge in [-0.2, -0.15) is 5.10 Å². The van der Waals surface area contributed by atoms with Crippen LogP contribution in [0.5, 0.6) is 0 Å². The van der Waals surface area contributed by atoms with Gasteiger partial charge in [-0.1, -0.05) is 0 Å². The Morgan fingerprint density at radius 2 is 1.87 bits per heavy atom. The molecule has 2 fully saturated rings. The summed E-state index contributed by atoms with van der Waals surface area (Å²) < 4.78 is 0. The van der Waals surface area contributed by atoms with E-state index in [9.17, 15) is 4.79 Å². The first kappa shape index (κ1) is 14.3. The molecule has 5 heteroatoms. The summed E-state index contributed by atoms with van der Waals surface area (Å²) in [4.78, 5) is 17.0. The average Bonchev–Trinajstić information content (AvgIpc) is 3.36. The molecule has 4 rings (SSSR count). The van der Waals surface area contributed by atoms with Crippen LogP contribution in [0.1, 0.15) is 41.2 Å². The van der Waals surface area contributed by atoms with Gasteiger partial charge < -0.3 is 9.80 Å². The van der Waals surface area contributed by atoms with E-state index in [2.05, 4.69) is 27.2 Å². The lowest BCUT2D eigenvalue weighted by atomic mass is 10.1. The Kier molecular flexibility index (Phi) is 3.77. The first-order chi connectivity index (χ1) is 11.3. The van der Waals surface area contributed by atoms with Crippen molar-refractivity contribution < 1.29 is 4.79 Å². The first-order valence-corrected chi connectivity index (χ1v) is 8.45. The Balaban J connectivity index is 1.43. The number of carbonyl (C=O) groups excluding carboxylic acids is 1. The largest absolute Gasteiger partial charge is 0.372 e. The number of nitrogens with zero attached hydrogens (tertiary/aromatic N) is 3. The Labute approximate surface area is 136 Å². The molecule has 2 saturated heterocycles. The summed E-state index contributed by atoms with van der Waals surface area (Å²) in [5.74, 6) is 0.519. The van der Waals surface area contributed by atoms with Crippen molar-refractivity contribution in [1.29, 1.82) is 0 Å². The molecule has 1 amide bonds. The number of hydrogen-bond donors (Lipinski definition) is 1. The summed E-state index contributed by atoms with van der Waals surface area (Å²) in [6, 6.07) is 10.1. The van der Waals surface area contributed by atoms with Gasteiger partial charge in [0.1, 0.15) is 0 Å². The van der Waals surface area contributed by atoms with Crippen LogP contribution in [-0.2, 0) is 0 Å². The molecule has 0 aliphatic carbocycles. The number of likely N-dealkylation sites (tertiary alicyclic amines) is 1. The number of amides is 1. The maximum Gasteiger partial charge on any atom is 0.253 e. The van der Waals surface area contributed by atoms with Gasteiger partial charge in [0.2, 0.25) is 0 Å². The van der Waals surface area contributed by atoms with E-state index in [1.54, 1.807) is 6.20 Å². The highest BCUT2D eigenvalue weighted by Gasteiger charge is 2.28. The Morgan fingerprint density at radius 3 is 2.57 bits per heavy atom. The normalized spacial score (nSPS) is 21.1. The number of carbonyl (C=O) groups is 1. The number of aromatic nitrogens is 2. The highest BCUT2D eigenvalue weighted by atomic mass is 16.2. The third-order valence-corrected chi connectivity index (χ3v) is 5.02. The van der Waals surface area contributed by atoms with E-state index in [1.807, 2.05) is 23.1 Å². The van der Waals surface area contributed by atoms with Gasteiger partial charge >= 0.3 is 0 Å². The topological polar surface area (TPSA) is 52.2 Å². The van der Waals surface area contributed by atoms with Crippen molar-refractivity contribution in [3.63, 3.8) is 0 Å². The van der Waals surface area contributed by atoms with E-state index in [1.165, 1.54) is 18.5 Å². The number of nitrogens with one attached hydrogen (secondary N) is 1. The predicted molar refractivity (Wildman–Crippen MR) is 89.7 cm³/mol. The van der Waals surface area contributed by atoms with Crippen molar-refractivity contribution in [3.8, 4) is 0 Å². The molecule has 5 nitrogen and oxygen atoms in total. The van der Waals surface area contributed by atoms with Crippen LogP contribution in [0.4, 0.5) is 5.69 Å². The van der Waals surface area contributed by atoms with Crippen LogP contribution in [0.25, 0.3) is 0 Å². The van der Waals surface area contributed by atoms with Crippen LogP contribution in [0.15, 0.2) is 36.5 Å². The van der Waals surface area contributed by atoms with Gasteiger partial charge in [0, 0.05) is 55.2 Å². The van der Waals surface area contributed by atoms with E-state index < -0.39 is 0 Å². The minimum Gasteiger partial charge on any atom is -0.372 e. The third-order valence-electron chi connectivity index (χ3n) is 5.02. The molecule has 2 aromatic rings. The van der Waals surface area contributed by atoms with Crippen molar-refractivity contribution in [2.45, 2.75) is 25.2 Å². The Hall–Kier alpha value is -2.30. The second-order valence-electron chi connectivity index (χ2n) is 6.49. The molecule has 0 unspecified atom stereocenters. The zero-order chi connectivity index (χ0) is 15.6. The maximum atomic E-state index is 12.7. The molecular weight excluding hydrogens is 288 g/mol. The van der Waals surface area contributed by atoms with Crippen molar-refractivity contribution in [3.05, 3.63) is 47.8 Å². The van der Waals surface area contributed by atoms with Crippen LogP contribution in [-0.4, -0.2) is 47.2 Å². The number of benzene rings is 1. The minimum absolute atomic E-state index is 0.139. The van der Waals surface area contributed by atoms with E-state index in [0.717, 1.165) is 43.9 Å². The number of anilines is 1. The summed E-state index contributed by atoms with van der Waals surface area (Å²) in [6.45, 7) is 3.85. The molecule has 3 heterocycles. The fourth-order valence-corrected chi connectivity index (χ4v) is 3.67. The summed E-state index contributed by atoms with van der Waals surface area (Å²) in [5.41, 5.74) is 3.15. The fourth-order valence-electron chi connectivity index (χ4n) is 3.67. The molecule has 2 aliphatic rings. The zero-order valence-electron chi connectivity index (χ0n) is 13.2. The molecule has 1 aromatic heterocycles. The average molecular weight is 310 g/mol. The van der Waals surface area contributed by atoms with Gasteiger partial charge in [-0.05, 0) is 49.6 Å². The van der Waals surface area contributed by atoms with Gasteiger partial charge in [0.05, 0.1) is 0 Å². The molecule has 23 heavy (non-hydrogen) atoms. The molecule has 0 spiro atoms. The fraction of sp³-hybridized carbons (Fsp3) is 0.444. The molecule has 0 radical (unpaired) electrons. The number of H-pyrrole nitrogens is 1. The molecule has 0 saturated carbocycles. The van der Waals surface area contributed by atoms with Crippen molar-refractivity contribution in [2.75, 3.05) is 31.1 Å². The van der Waals surface area contributed by atoms with Gasteiger partial charge in [-0.15, -0.1) is 0 Å². The Bertz CT molecular complexity index is 659. The summed E-state index contributed by atoms with van der Waals surface area (Å²) in [7, 11) is 0. The summed E-state index contributed by atoms with van der Waals surface area (Å²) in [6.07, 6.45) is 5.31. The van der Waals surface area contributed by atoms with Crippen molar-refractivity contribution >= 4 is 11.6 Å². The monoisotopic (exact) mass is 310 g/mol. The lowest BCUT2D eigenvalue weighted by Crippen LogP contribution is -2.28. The highest BCUT2D eigenvalue weighted by molar-refractivity contribution is 5.94. The lowest BCUT2D eigenvalue weighted by molar-refractivity contribution is 0.0790. The number of aromatic amines is 1. The van der Waals surface area contributed by atoms with E-state index in [-0.39, 0.29) is 5.91 Å². The third kappa shape index (κ3) is 2.83. The Morgan fingerprint density at radius 1 is 1.09 bits per heavy atom. The summed E-state index contributed by atoms with van der Waals surface area (Å²) in [5, 5.41) is 7.03. The van der Waals surface area contributed by atoms with Crippen LogP contribution in [0.2, 0.25) is 0 Å². The van der Waals surface area contributed by atoms with Gasteiger partial charge in [-0.3, -0.25) is 9.89 Å². The van der Waals surface area contributed by atoms with E-state index >= 15 is 0 Å². The predicted octanol–water partition coefficient (Wildman–Crippen LogP) is 2.64. The molecule has 2 aliphatic heterocycles. The molecule has 120 valence electrons. The smallest absolute Gasteiger partial charge is 0.253 e. The standard InChI is InChI=1S/C18H22N4O/c23-18(22-12-8-15(13-22)17-7-9-19-20-17)14-3-5-16(6-4-14)21-10-1-2-11-21/h3-7,9,15H,1-2,8,10-13H2,(H,19,20)/t15-/m1/s1. The molecule has 1 N–H and O–H groups in total. The van der Waals surface area contributed by atoms with Gasteiger partial charge in [0.15, 0.2) is 0 Å². The second kappa shape index (κ2) is 6.07. The van der Waals surface area contributed by atoms with Gasteiger partial charge in [-0.25, -0.2) is 0 Å². The second-order valence-corrected chi connectivity index (χ2v) is 6.49. The maximum absolute atomic E-state index is 12.7.